The van der Waals surface area contributed by atoms with Gasteiger partial charge in [0, 0.05) is 10.2 Å². The van der Waals surface area contributed by atoms with E-state index in [9.17, 15) is 18.0 Å². The summed E-state index contributed by atoms with van der Waals surface area (Å²) < 4.78 is 44.6. The van der Waals surface area contributed by atoms with Gasteiger partial charge in [0.25, 0.3) is 5.91 Å². The zero-order chi connectivity index (χ0) is 18.4. The first-order chi connectivity index (χ1) is 11.8. The van der Waals surface area contributed by atoms with E-state index in [2.05, 4.69) is 21.2 Å². The zero-order valence-corrected chi connectivity index (χ0v) is 15.1. The third-order valence-electron chi connectivity index (χ3n) is 3.39. The minimum atomic E-state index is -4.47. The normalized spacial score (nSPS) is 11.2. The van der Waals surface area contributed by atoms with Gasteiger partial charge in [-0.3, -0.25) is 4.79 Å². The van der Waals surface area contributed by atoms with E-state index in [-0.39, 0.29) is 11.3 Å². The van der Waals surface area contributed by atoms with E-state index in [4.69, 9.17) is 4.74 Å². The van der Waals surface area contributed by atoms with E-state index in [0.29, 0.717) is 16.8 Å². The Hall–Kier alpha value is -2.02. The van der Waals surface area contributed by atoms with Gasteiger partial charge in [-0.2, -0.15) is 13.2 Å². The Kier molecular flexibility index (Phi) is 6.47. The van der Waals surface area contributed by atoms with E-state index in [1.165, 1.54) is 12.1 Å². The number of amides is 1. The van der Waals surface area contributed by atoms with Gasteiger partial charge in [0.1, 0.15) is 5.75 Å². The van der Waals surface area contributed by atoms with Crippen LogP contribution in [-0.4, -0.2) is 12.5 Å². The maximum absolute atomic E-state index is 12.8. The lowest BCUT2D eigenvalue weighted by molar-refractivity contribution is -0.137. The summed E-state index contributed by atoms with van der Waals surface area (Å²) in [5, 5.41) is 2.49. The Labute approximate surface area is 152 Å². The van der Waals surface area contributed by atoms with Gasteiger partial charge >= 0.3 is 6.18 Å². The highest BCUT2D eigenvalue weighted by Crippen LogP contribution is 2.31. The van der Waals surface area contributed by atoms with Gasteiger partial charge in [-0.1, -0.05) is 35.3 Å². The van der Waals surface area contributed by atoms with Crippen LogP contribution in [0.15, 0.2) is 46.9 Å². The molecule has 0 saturated heterocycles. The molecule has 0 aliphatic rings. The van der Waals surface area contributed by atoms with Crippen LogP contribution in [0.5, 0.6) is 5.75 Å². The first-order valence-electron chi connectivity index (χ1n) is 7.72. The molecule has 1 amide bonds. The minimum Gasteiger partial charge on any atom is -0.493 e. The Bertz CT molecular complexity index is 747. The number of alkyl halides is 3. The molecule has 1 N–H and O–H groups in total. The van der Waals surface area contributed by atoms with Crippen LogP contribution < -0.4 is 10.1 Å². The number of nitrogens with one attached hydrogen (secondary N) is 1. The summed E-state index contributed by atoms with van der Waals surface area (Å²) in [4.78, 5) is 12.5. The molecule has 134 valence electrons. The van der Waals surface area contributed by atoms with Crippen molar-refractivity contribution in [2.75, 3.05) is 11.9 Å². The molecule has 0 spiro atoms. The van der Waals surface area contributed by atoms with Crippen LogP contribution in [-0.2, 0) is 6.18 Å². The van der Waals surface area contributed by atoms with E-state index >= 15 is 0 Å². The highest BCUT2D eigenvalue weighted by Gasteiger charge is 2.30. The molecule has 25 heavy (non-hydrogen) atoms. The standard InChI is InChI=1S/C18H17BrF3NO2/c1-2-3-9-25-16-8-7-13(19)11-15(16)17(24)23-14-6-4-5-12(10-14)18(20,21)22/h4-8,10-11H,2-3,9H2,1H3,(H,23,24). The molecule has 0 bridgehead atoms. The first-order valence-corrected chi connectivity index (χ1v) is 8.51. The predicted molar refractivity (Wildman–Crippen MR) is 93.9 cm³/mol. The average Bonchev–Trinajstić information content (AvgIpc) is 2.56. The second-order valence-electron chi connectivity index (χ2n) is 5.38. The van der Waals surface area contributed by atoms with Crippen LogP contribution in [0.1, 0.15) is 35.7 Å². The van der Waals surface area contributed by atoms with Crippen LogP contribution >= 0.6 is 15.9 Å². The summed E-state index contributed by atoms with van der Waals surface area (Å²) in [6.45, 7) is 2.48. The molecular weight excluding hydrogens is 399 g/mol. The zero-order valence-electron chi connectivity index (χ0n) is 13.5. The second kappa shape index (κ2) is 8.38. The number of halogens is 4. The Morgan fingerprint density at radius 3 is 2.64 bits per heavy atom. The highest BCUT2D eigenvalue weighted by atomic mass is 79.9. The van der Waals surface area contributed by atoms with Crippen molar-refractivity contribution in [3.8, 4) is 5.75 Å². The van der Waals surface area contributed by atoms with Gasteiger partial charge in [-0.15, -0.1) is 0 Å². The quantitative estimate of drug-likeness (QED) is 0.596. The monoisotopic (exact) mass is 415 g/mol. The molecule has 0 aliphatic heterocycles. The van der Waals surface area contributed by atoms with Crippen molar-refractivity contribution in [1.29, 1.82) is 0 Å². The van der Waals surface area contributed by atoms with Crippen LogP contribution in [0.4, 0.5) is 18.9 Å². The predicted octanol–water partition coefficient (Wildman–Crippen LogP) is 5.90. The van der Waals surface area contributed by atoms with Crippen LogP contribution in [0.25, 0.3) is 0 Å². The molecule has 7 heteroatoms. The van der Waals surface area contributed by atoms with Crippen molar-refractivity contribution in [2.45, 2.75) is 25.9 Å². The summed E-state index contributed by atoms with van der Waals surface area (Å²) in [6.07, 6.45) is -2.68. The summed E-state index contributed by atoms with van der Waals surface area (Å²) >= 11 is 3.29. The molecule has 2 rings (SSSR count). The maximum atomic E-state index is 12.8. The molecular formula is C18H17BrF3NO2. The second-order valence-corrected chi connectivity index (χ2v) is 6.29. The number of benzene rings is 2. The van der Waals surface area contributed by atoms with E-state index in [1.54, 1.807) is 18.2 Å². The van der Waals surface area contributed by atoms with Gasteiger partial charge in [0.2, 0.25) is 0 Å². The molecule has 0 atom stereocenters. The van der Waals surface area contributed by atoms with Crippen molar-refractivity contribution in [3.05, 3.63) is 58.1 Å². The van der Waals surface area contributed by atoms with Gasteiger partial charge in [0.15, 0.2) is 0 Å². The van der Waals surface area contributed by atoms with E-state index in [1.807, 2.05) is 6.92 Å². The highest BCUT2D eigenvalue weighted by molar-refractivity contribution is 9.10. The number of carbonyl (C=O) groups excluding carboxylic acids is 1. The van der Waals surface area contributed by atoms with E-state index < -0.39 is 17.6 Å². The molecule has 0 aromatic heterocycles. The SMILES string of the molecule is CCCCOc1ccc(Br)cc1C(=O)Nc1cccc(C(F)(F)F)c1. The lowest BCUT2D eigenvalue weighted by Crippen LogP contribution is -2.15. The third kappa shape index (κ3) is 5.49. The number of ether oxygens (including phenoxy) is 1. The van der Waals surface area contributed by atoms with Gasteiger partial charge < -0.3 is 10.1 Å². The molecule has 2 aromatic carbocycles. The number of hydrogen-bond donors (Lipinski definition) is 1. The van der Waals surface area contributed by atoms with Gasteiger partial charge in [-0.25, -0.2) is 0 Å². The van der Waals surface area contributed by atoms with Gasteiger partial charge in [-0.05, 0) is 42.8 Å². The molecule has 0 saturated carbocycles. The lowest BCUT2D eigenvalue weighted by atomic mass is 10.1. The van der Waals surface area contributed by atoms with Crippen molar-refractivity contribution in [2.24, 2.45) is 0 Å². The lowest BCUT2D eigenvalue weighted by Gasteiger charge is -2.13. The third-order valence-corrected chi connectivity index (χ3v) is 3.88. The van der Waals surface area contributed by atoms with Crippen molar-refractivity contribution >= 4 is 27.5 Å². The Morgan fingerprint density at radius 2 is 1.96 bits per heavy atom. The first kappa shape index (κ1) is 19.3. The molecule has 0 heterocycles. The maximum Gasteiger partial charge on any atom is 0.416 e. The van der Waals surface area contributed by atoms with Crippen molar-refractivity contribution in [3.63, 3.8) is 0 Å². The fourth-order valence-corrected chi connectivity index (χ4v) is 2.46. The summed E-state index contributed by atoms with van der Waals surface area (Å²) in [5.41, 5.74) is -0.499. The van der Waals surface area contributed by atoms with Gasteiger partial charge in [0.05, 0.1) is 17.7 Å². The summed E-state index contributed by atoms with van der Waals surface area (Å²) in [7, 11) is 0. The molecule has 0 unspecified atom stereocenters. The average molecular weight is 416 g/mol. The van der Waals surface area contributed by atoms with Crippen molar-refractivity contribution < 1.29 is 22.7 Å². The summed E-state index contributed by atoms with van der Waals surface area (Å²) in [6, 6.07) is 9.47. The topological polar surface area (TPSA) is 38.3 Å². The molecule has 2 aromatic rings. The molecule has 3 nitrogen and oxygen atoms in total. The van der Waals surface area contributed by atoms with E-state index in [0.717, 1.165) is 25.0 Å². The number of carbonyl (C=O) groups is 1. The molecule has 0 fully saturated rings. The largest absolute Gasteiger partial charge is 0.493 e. The smallest absolute Gasteiger partial charge is 0.416 e. The van der Waals surface area contributed by atoms with Crippen LogP contribution in [0.2, 0.25) is 0 Å². The minimum absolute atomic E-state index is 0.0688. The Morgan fingerprint density at radius 1 is 1.20 bits per heavy atom. The van der Waals surface area contributed by atoms with Crippen molar-refractivity contribution in [1.82, 2.24) is 0 Å². The summed E-state index contributed by atoms with van der Waals surface area (Å²) in [5.74, 6) is -0.145. The number of rotatable bonds is 6. The fraction of sp³-hybridized carbons (Fsp3) is 0.278. The van der Waals surface area contributed by atoms with Crippen LogP contribution in [0, 0.1) is 0 Å². The number of anilines is 1. The number of unbranched alkanes of at least 4 members (excludes halogenated alkanes) is 1. The van der Waals surface area contributed by atoms with Crippen LogP contribution in [0.3, 0.4) is 0 Å². The molecule has 0 aliphatic carbocycles. The number of hydrogen-bond acceptors (Lipinski definition) is 2. The molecule has 0 radical (unpaired) electrons. The fourth-order valence-electron chi connectivity index (χ4n) is 2.10. The Balaban J connectivity index is 2.22.